The van der Waals surface area contributed by atoms with Crippen molar-refractivity contribution in [3.63, 3.8) is 0 Å². The summed E-state index contributed by atoms with van der Waals surface area (Å²) in [6.07, 6.45) is 13.7. The molecule has 0 aliphatic carbocycles. The molecule has 1 heteroatoms. The molecule has 0 rings (SSSR count). The average molecular weight is 254 g/mol. The van der Waals surface area contributed by atoms with Crippen LogP contribution in [0.4, 0.5) is 0 Å². The van der Waals surface area contributed by atoms with Crippen LogP contribution in [0, 0.1) is 5.92 Å². The van der Waals surface area contributed by atoms with Gasteiger partial charge >= 0.3 is 0 Å². The third kappa shape index (κ3) is 5.56. The molecule has 0 saturated carbocycles. The number of hydrogen-bond donors (Lipinski definition) is 0. The molecule has 1 atom stereocenters. The fourth-order valence-corrected chi connectivity index (χ4v) is 2.95. The molecular weight excluding hydrogens is 220 g/mol. The van der Waals surface area contributed by atoms with Gasteiger partial charge in [0.2, 0.25) is 0 Å². The topological polar surface area (TPSA) is 9.23 Å². The van der Waals surface area contributed by atoms with Crippen LogP contribution in [0.15, 0.2) is 12.7 Å². The molecular formula is C17H34O. The summed E-state index contributed by atoms with van der Waals surface area (Å²) in [5.41, 5.74) is 0.0190. The normalized spacial score (nSPS) is 13.6. The highest BCUT2D eigenvalue weighted by molar-refractivity contribution is 4.95. The van der Waals surface area contributed by atoms with Crippen molar-refractivity contribution in [2.45, 2.75) is 84.2 Å². The minimum Gasteiger partial charge on any atom is -0.378 e. The summed E-state index contributed by atoms with van der Waals surface area (Å²) >= 11 is 0. The van der Waals surface area contributed by atoms with Crippen molar-refractivity contribution in [3.05, 3.63) is 12.7 Å². The quantitative estimate of drug-likeness (QED) is 0.318. The summed E-state index contributed by atoms with van der Waals surface area (Å²) in [5, 5.41) is 0. The van der Waals surface area contributed by atoms with Gasteiger partial charge in [-0.3, -0.25) is 0 Å². The first-order valence-corrected chi connectivity index (χ1v) is 7.88. The van der Waals surface area contributed by atoms with E-state index in [2.05, 4.69) is 33.4 Å². The Labute approximate surface area is 115 Å². The van der Waals surface area contributed by atoms with Gasteiger partial charge in [-0.25, -0.2) is 0 Å². The molecule has 1 nitrogen and oxygen atoms in total. The summed E-state index contributed by atoms with van der Waals surface area (Å²) in [6, 6.07) is 0. The highest BCUT2D eigenvalue weighted by Crippen LogP contribution is 2.33. The predicted octanol–water partition coefficient (Wildman–Crippen LogP) is 5.74. The minimum atomic E-state index is 0.0190. The van der Waals surface area contributed by atoms with Gasteiger partial charge in [0.15, 0.2) is 0 Å². The molecule has 0 aromatic heterocycles. The van der Waals surface area contributed by atoms with Crippen molar-refractivity contribution in [1.29, 1.82) is 0 Å². The van der Waals surface area contributed by atoms with Crippen LogP contribution >= 0.6 is 0 Å². The van der Waals surface area contributed by atoms with Crippen LogP contribution in [0.5, 0.6) is 0 Å². The van der Waals surface area contributed by atoms with Crippen LogP contribution in [-0.2, 0) is 4.74 Å². The minimum absolute atomic E-state index is 0.0190. The largest absolute Gasteiger partial charge is 0.378 e. The zero-order chi connectivity index (χ0) is 13.9. The molecule has 0 radical (unpaired) electrons. The van der Waals surface area contributed by atoms with Crippen LogP contribution in [0.3, 0.4) is 0 Å². The Morgan fingerprint density at radius 1 is 1.00 bits per heavy atom. The predicted molar refractivity (Wildman–Crippen MR) is 82.0 cm³/mol. The molecule has 108 valence electrons. The lowest BCUT2D eigenvalue weighted by molar-refractivity contribution is -0.0528. The van der Waals surface area contributed by atoms with Gasteiger partial charge in [0, 0.05) is 13.0 Å². The van der Waals surface area contributed by atoms with E-state index in [0.29, 0.717) is 5.92 Å². The number of rotatable bonds is 12. The second kappa shape index (κ2) is 10.6. The second-order valence-corrected chi connectivity index (χ2v) is 5.37. The van der Waals surface area contributed by atoms with E-state index < -0.39 is 0 Å². The Balaban J connectivity index is 4.05. The Kier molecular flexibility index (Phi) is 10.4. The monoisotopic (exact) mass is 254 g/mol. The number of methoxy groups -OCH3 is 1. The van der Waals surface area contributed by atoms with Gasteiger partial charge in [0.1, 0.15) is 0 Å². The fourth-order valence-electron chi connectivity index (χ4n) is 2.95. The van der Waals surface area contributed by atoms with Crippen molar-refractivity contribution >= 4 is 0 Å². The van der Waals surface area contributed by atoms with Gasteiger partial charge in [-0.05, 0) is 19.3 Å². The molecule has 0 N–H and O–H groups in total. The second-order valence-electron chi connectivity index (χ2n) is 5.37. The first-order chi connectivity index (χ1) is 8.70. The van der Waals surface area contributed by atoms with Gasteiger partial charge in [0.25, 0.3) is 0 Å². The number of hydrogen-bond acceptors (Lipinski definition) is 1. The van der Waals surface area contributed by atoms with Gasteiger partial charge in [-0.15, -0.1) is 6.58 Å². The first kappa shape index (κ1) is 17.7. The molecule has 0 aromatic rings. The third-order valence-electron chi connectivity index (χ3n) is 4.43. The summed E-state index contributed by atoms with van der Waals surface area (Å²) in [6.45, 7) is 10.7. The summed E-state index contributed by atoms with van der Waals surface area (Å²) in [4.78, 5) is 0. The van der Waals surface area contributed by atoms with Crippen LogP contribution in [-0.4, -0.2) is 12.7 Å². The number of unbranched alkanes of at least 4 members (excludes halogenated alkanes) is 5. The van der Waals surface area contributed by atoms with Crippen LogP contribution in [0.25, 0.3) is 0 Å². The highest BCUT2D eigenvalue weighted by Gasteiger charge is 2.33. The summed E-state index contributed by atoms with van der Waals surface area (Å²) < 4.78 is 5.81. The van der Waals surface area contributed by atoms with E-state index >= 15 is 0 Å². The van der Waals surface area contributed by atoms with Gasteiger partial charge in [0.05, 0.1) is 5.60 Å². The smallest absolute Gasteiger partial charge is 0.0735 e. The van der Waals surface area contributed by atoms with Crippen molar-refractivity contribution in [2.24, 2.45) is 5.92 Å². The lowest BCUT2D eigenvalue weighted by Gasteiger charge is -2.37. The standard InChI is InChI=1S/C17H34O/c1-6-10-11-12-13-14-15-16(7-2)17(8-3,9-4)18-5/h7,16H,2,6,8-15H2,1,3-5H3. The van der Waals surface area contributed by atoms with E-state index in [1.165, 1.54) is 44.9 Å². The molecule has 0 aromatic carbocycles. The molecule has 0 aliphatic heterocycles. The molecule has 0 bridgehead atoms. The van der Waals surface area contributed by atoms with E-state index in [-0.39, 0.29) is 5.60 Å². The zero-order valence-electron chi connectivity index (χ0n) is 13.1. The molecule has 0 spiro atoms. The molecule has 0 fully saturated rings. The highest BCUT2D eigenvalue weighted by atomic mass is 16.5. The molecule has 0 heterocycles. The van der Waals surface area contributed by atoms with Crippen molar-refractivity contribution in [1.82, 2.24) is 0 Å². The van der Waals surface area contributed by atoms with Crippen LogP contribution in [0.1, 0.15) is 78.6 Å². The van der Waals surface area contributed by atoms with E-state index in [1.54, 1.807) is 0 Å². The maximum atomic E-state index is 5.81. The van der Waals surface area contributed by atoms with Gasteiger partial charge in [-0.2, -0.15) is 0 Å². The molecule has 1 unspecified atom stereocenters. The Hall–Kier alpha value is -0.300. The average Bonchev–Trinajstić information content (AvgIpc) is 2.42. The lowest BCUT2D eigenvalue weighted by atomic mass is 9.79. The first-order valence-electron chi connectivity index (χ1n) is 7.88. The Bertz CT molecular complexity index is 186. The Morgan fingerprint density at radius 2 is 1.56 bits per heavy atom. The molecule has 0 aliphatic rings. The molecule has 0 amide bonds. The van der Waals surface area contributed by atoms with Crippen LogP contribution < -0.4 is 0 Å². The van der Waals surface area contributed by atoms with Crippen molar-refractivity contribution in [2.75, 3.05) is 7.11 Å². The SMILES string of the molecule is C=CC(CCCCCCCC)C(CC)(CC)OC. The van der Waals surface area contributed by atoms with Crippen LogP contribution in [0.2, 0.25) is 0 Å². The van der Waals surface area contributed by atoms with Gasteiger partial charge in [-0.1, -0.05) is 65.4 Å². The summed E-state index contributed by atoms with van der Waals surface area (Å²) in [5.74, 6) is 0.503. The lowest BCUT2D eigenvalue weighted by Crippen LogP contribution is -2.37. The number of ether oxygens (including phenoxy) is 1. The van der Waals surface area contributed by atoms with E-state index in [9.17, 15) is 0 Å². The zero-order valence-corrected chi connectivity index (χ0v) is 13.1. The maximum Gasteiger partial charge on any atom is 0.0735 e. The van der Waals surface area contributed by atoms with E-state index in [1.807, 2.05) is 7.11 Å². The van der Waals surface area contributed by atoms with Crippen molar-refractivity contribution < 1.29 is 4.74 Å². The maximum absolute atomic E-state index is 5.81. The third-order valence-corrected chi connectivity index (χ3v) is 4.43. The Morgan fingerprint density at radius 3 is 2.00 bits per heavy atom. The van der Waals surface area contributed by atoms with Crippen molar-refractivity contribution in [3.8, 4) is 0 Å². The molecule has 0 saturated heterocycles. The van der Waals surface area contributed by atoms with E-state index in [0.717, 1.165) is 12.8 Å². The summed E-state index contributed by atoms with van der Waals surface area (Å²) in [7, 11) is 1.85. The molecule has 18 heavy (non-hydrogen) atoms. The van der Waals surface area contributed by atoms with Gasteiger partial charge < -0.3 is 4.74 Å². The fraction of sp³-hybridized carbons (Fsp3) is 0.882. The van der Waals surface area contributed by atoms with E-state index in [4.69, 9.17) is 4.74 Å².